The summed E-state index contributed by atoms with van der Waals surface area (Å²) in [5.74, 6) is 0. The summed E-state index contributed by atoms with van der Waals surface area (Å²) < 4.78 is 0.900. The normalized spacial score (nSPS) is 12.8. The first kappa shape index (κ1) is 10.6. The predicted molar refractivity (Wildman–Crippen MR) is 46.9 cm³/mol. The van der Waals surface area contributed by atoms with E-state index in [0.29, 0.717) is 0 Å². The fraction of sp³-hybridized carbons (Fsp3) is 0.571. The molecular weight excluding hydrogens is 190 g/mol. The van der Waals surface area contributed by atoms with E-state index in [-0.39, 0.29) is 12.2 Å². The molecular formula is C7H11N3O4. The molecule has 0 bridgehead atoms. The minimum atomic E-state index is -1.06. The minimum Gasteiger partial charge on any atom is -0.394 e. The first-order valence-electron chi connectivity index (χ1n) is 4.01. The van der Waals surface area contributed by atoms with E-state index in [2.05, 4.69) is 5.10 Å². The molecule has 0 aliphatic carbocycles. The summed E-state index contributed by atoms with van der Waals surface area (Å²) in [4.78, 5) is 24.0. The Labute approximate surface area is 78.6 Å². The van der Waals surface area contributed by atoms with Gasteiger partial charge in [0.2, 0.25) is 0 Å². The number of rotatable bonds is 3. The van der Waals surface area contributed by atoms with Crippen LogP contribution in [0.1, 0.15) is 5.69 Å². The Morgan fingerprint density at radius 1 is 1.57 bits per heavy atom. The van der Waals surface area contributed by atoms with E-state index >= 15 is 0 Å². The topological polar surface area (TPSA) is 108 Å². The summed E-state index contributed by atoms with van der Waals surface area (Å²) in [6.45, 7) is 0.833. The Balaban J connectivity index is 3.04. The molecule has 0 radical (unpaired) electrons. The van der Waals surface area contributed by atoms with Crippen molar-refractivity contribution < 1.29 is 10.2 Å². The second-order valence-electron chi connectivity index (χ2n) is 2.86. The number of aromatic nitrogens is 3. The molecule has 14 heavy (non-hydrogen) atoms. The van der Waals surface area contributed by atoms with Crippen LogP contribution in [0.5, 0.6) is 0 Å². The standard InChI is InChI=1S/C7H11N3O4/c1-4-6(13)8-7(14)10(9-4)2-5(12)3-11/h5,11-12H,2-3H2,1H3,(H,8,13,14). The van der Waals surface area contributed by atoms with Gasteiger partial charge in [0.05, 0.1) is 19.3 Å². The van der Waals surface area contributed by atoms with Crippen molar-refractivity contribution in [3.8, 4) is 0 Å². The van der Waals surface area contributed by atoms with Crippen LogP contribution in [-0.4, -0.2) is 37.7 Å². The van der Waals surface area contributed by atoms with Crippen molar-refractivity contribution in [1.29, 1.82) is 0 Å². The van der Waals surface area contributed by atoms with Crippen molar-refractivity contribution in [2.45, 2.75) is 19.6 Å². The molecule has 1 atom stereocenters. The zero-order chi connectivity index (χ0) is 10.7. The zero-order valence-electron chi connectivity index (χ0n) is 7.60. The number of aryl methyl sites for hydroxylation is 1. The van der Waals surface area contributed by atoms with E-state index in [4.69, 9.17) is 10.2 Å². The van der Waals surface area contributed by atoms with Crippen LogP contribution in [0, 0.1) is 6.92 Å². The second kappa shape index (κ2) is 4.16. The molecule has 0 saturated carbocycles. The molecule has 0 fully saturated rings. The molecule has 7 nitrogen and oxygen atoms in total. The van der Waals surface area contributed by atoms with Crippen molar-refractivity contribution >= 4 is 0 Å². The molecule has 0 saturated heterocycles. The van der Waals surface area contributed by atoms with Crippen LogP contribution in [0.25, 0.3) is 0 Å². The molecule has 1 heterocycles. The zero-order valence-corrected chi connectivity index (χ0v) is 7.60. The van der Waals surface area contributed by atoms with E-state index in [1.807, 2.05) is 4.98 Å². The number of aliphatic hydroxyl groups is 2. The molecule has 1 aromatic rings. The van der Waals surface area contributed by atoms with Crippen LogP contribution >= 0.6 is 0 Å². The monoisotopic (exact) mass is 201 g/mol. The molecule has 0 aliphatic heterocycles. The molecule has 1 rings (SSSR count). The Morgan fingerprint density at radius 3 is 2.79 bits per heavy atom. The summed E-state index contributed by atoms with van der Waals surface area (Å²) in [6.07, 6.45) is -1.06. The highest BCUT2D eigenvalue weighted by Crippen LogP contribution is 1.84. The molecule has 7 heteroatoms. The van der Waals surface area contributed by atoms with Gasteiger partial charge in [0.1, 0.15) is 5.69 Å². The lowest BCUT2D eigenvalue weighted by Gasteiger charge is -2.07. The van der Waals surface area contributed by atoms with Crippen molar-refractivity contribution in [1.82, 2.24) is 14.8 Å². The Hall–Kier alpha value is -1.47. The fourth-order valence-corrected chi connectivity index (χ4v) is 0.905. The maximum Gasteiger partial charge on any atom is 0.344 e. The lowest BCUT2D eigenvalue weighted by atomic mass is 10.4. The number of aromatic amines is 1. The number of aliphatic hydroxyl groups excluding tert-OH is 2. The van der Waals surface area contributed by atoms with Crippen LogP contribution in [0.4, 0.5) is 0 Å². The number of hydrogen-bond donors (Lipinski definition) is 3. The maximum absolute atomic E-state index is 11.1. The quantitative estimate of drug-likeness (QED) is 0.505. The van der Waals surface area contributed by atoms with Gasteiger partial charge in [-0.05, 0) is 6.92 Å². The van der Waals surface area contributed by atoms with E-state index < -0.39 is 24.0 Å². The highest BCUT2D eigenvalue weighted by atomic mass is 16.3. The van der Waals surface area contributed by atoms with Crippen molar-refractivity contribution in [3.05, 3.63) is 26.5 Å². The molecule has 1 unspecified atom stereocenters. The number of H-pyrrole nitrogens is 1. The fourth-order valence-electron chi connectivity index (χ4n) is 0.905. The van der Waals surface area contributed by atoms with Gasteiger partial charge in [0.25, 0.3) is 5.56 Å². The van der Waals surface area contributed by atoms with E-state index in [1.165, 1.54) is 6.92 Å². The van der Waals surface area contributed by atoms with Gasteiger partial charge in [0, 0.05) is 0 Å². The van der Waals surface area contributed by atoms with Gasteiger partial charge in [-0.1, -0.05) is 0 Å². The van der Waals surface area contributed by atoms with E-state index in [1.54, 1.807) is 0 Å². The first-order chi connectivity index (χ1) is 6.54. The van der Waals surface area contributed by atoms with Crippen LogP contribution in [0.2, 0.25) is 0 Å². The minimum absolute atomic E-state index is 0.134. The molecule has 0 amide bonds. The van der Waals surface area contributed by atoms with Gasteiger partial charge >= 0.3 is 5.69 Å². The van der Waals surface area contributed by atoms with Gasteiger partial charge < -0.3 is 10.2 Å². The van der Waals surface area contributed by atoms with Gasteiger partial charge in [0.15, 0.2) is 0 Å². The third-order valence-electron chi connectivity index (χ3n) is 1.65. The maximum atomic E-state index is 11.1. The lowest BCUT2D eigenvalue weighted by Crippen LogP contribution is -2.37. The van der Waals surface area contributed by atoms with E-state index in [0.717, 1.165) is 4.68 Å². The van der Waals surface area contributed by atoms with Gasteiger partial charge in [-0.2, -0.15) is 5.10 Å². The smallest absolute Gasteiger partial charge is 0.344 e. The predicted octanol–water partition coefficient (Wildman–Crippen LogP) is -2.41. The lowest BCUT2D eigenvalue weighted by molar-refractivity contribution is 0.0763. The molecule has 3 N–H and O–H groups in total. The SMILES string of the molecule is Cc1nn(CC(O)CO)c(=O)[nH]c1=O. The van der Waals surface area contributed by atoms with Gasteiger partial charge in [-0.25, -0.2) is 9.48 Å². The van der Waals surface area contributed by atoms with Gasteiger partial charge in [-0.15, -0.1) is 0 Å². The molecule has 0 spiro atoms. The number of hydrogen-bond acceptors (Lipinski definition) is 5. The Kier molecular flexibility index (Phi) is 3.15. The largest absolute Gasteiger partial charge is 0.394 e. The number of nitrogens with zero attached hydrogens (tertiary/aromatic N) is 2. The van der Waals surface area contributed by atoms with E-state index in [9.17, 15) is 9.59 Å². The van der Waals surface area contributed by atoms with Crippen LogP contribution in [0.15, 0.2) is 9.59 Å². The van der Waals surface area contributed by atoms with Crippen LogP contribution in [-0.2, 0) is 6.54 Å². The molecule has 1 aromatic heterocycles. The van der Waals surface area contributed by atoms with Crippen molar-refractivity contribution in [3.63, 3.8) is 0 Å². The van der Waals surface area contributed by atoms with Crippen molar-refractivity contribution in [2.75, 3.05) is 6.61 Å². The summed E-state index contributed by atoms with van der Waals surface area (Å²) in [6, 6.07) is 0. The van der Waals surface area contributed by atoms with Crippen molar-refractivity contribution in [2.24, 2.45) is 0 Å². The summed E-state index contributed by atoms with van der Waals surface area (Å²) >= 11 is 0. The van der Waals surface area contributed by atoms with Crippen LogP contribution < -0.4 is 11.2 Å². The van der Waals surface area contributed by atoms with Crippen LogP contribution in [0.3, 0.4) is 0 Å². The van der Waals surface area contributed by atoms with Gasteiger partial charge in [-0.3, -0.25) is 9.78 Å². The summed E-state index contributed by atoms with van der Waals surface area (Å²) in [7, 11) is 0. The highest BCUT2D eigenvalue weighted by molar-refractivity contribution is 4.87. The third-order valence-corrected chi connectivity index (χ3v) is 1.65. The molecule has 0 aromatic carbocycles. The third kappa shape index (κ3) is 2.27. The average molecular weight is 201 g/mol. The summed E-state index contributed by atoms with van der Waals surface area (Å²) in [5.41, 5.74) is -1.12. The first-order valence-corrected chi connectivity index (χ1v) is 4.01. The molecule has 0 aliphatic rings. The highest BCUT2D eigenvalue weighted by Gasteiger charge is 2.07. The Bertz CT molecular complexity index is 422. The molecule has 78 valence electrons. The second-order valence-corrected chi connectivity index (χ2v) is 2.86. The summed E-state index contributed by atoms with van der Waals surface area (Å²) in [5, 5.41) is 21.2. The number of nitrogens with one attached hydrogen (secondary N) is 1. The average Bonchev–Trinajstić information content (AvgIpc) is 2.14. The Morgan fingerprint density at radius 2 is 2.21 bits per heavy atom.